The summed E-state index contributed by atoms with van der Waals surface area (Å²) >= 11 is 0. The Morgan fingerprint density at radius 2 is 1.86 bits per heavy atom. The molecule has 106 valence electrons. The van der Waals surface area contributed by atoms with Crippen LogP contribution < -0.4 is 5.32 Å². The minimum Gasteiger partial charge on any atom is -0.419 e. The van der Waals surface area contributed by atoms with Crippen LogP contribution in [0, 0.1) is 6.92 Å². The number of aryl methyl sites for hydroxylation is 1. The van der Waals surface area contributed by atoms with Gasteiger partial charge in [0.1, 0.15) is 6.04 Å². The van der Waals surface area contributed by atoms with E-state index in [1.807, 2.05) is 56.4 Å². The monoisotopic (exact) mass is 280 g/mol. The SMILES string of the molecule is CNC(c1ccccc1)c1nnc(-c2ccc(C)nc2)o1. The van der Waals surface area contributed by atoms with E-state index in [0.29, 0.717) is 11.8 Å². The molecular weight excluding hydrogens is 264 g/mol. The molecule has 0 bridgehead atoms. The highest BCUT2D eigenvalue weighted by Gasteiger charge is 2.19. The van der Waals surface area contributed by atoms with Crippen LogP contribution in [0.25, 0.3) is 11.5 Å². The van der Waals surface area contributed by atoms with E-state index in [9.17, 15) is 0 Å². The van der Waals surface area contributed by atoms with E-state index in [0.717, 1.165) is 16.8 Å². The van der Waals surface area contributed by atoms with Crippen molar-refractivity contribution in [2.45, 2.75) is 13.0 Å². The minimum absolute atomic E-state index is 0.120. The van der Waals surface area contributed by atoms with Gasteiger partial charge in [-0.1, -0.05) is 30.3 Å². The number of aromatic nitrogens is 3. The molecule has 1 aromatic carbocycles. The lowest BCUT2D eigenvalue weighted by molar-refractivity contribution is 0.456. The van der Waals surface area contributed by atoms with Crippen molar-refractivity contribution in [1.82, 2.24) is 20.5 Å². The fraction of sp³-hybridized carbons (Fsp3) is 0.188. The van der Waals surface area contributed by atoms with Crippen molar-refractivity contribution in [3.8, 4) is 11.5 Å². The largest absolute Gasteiger partial charge is 0.419 e. The van der Waals surface area contributed by atoms with Crippen molar-refractivity contribution >= 4 is 0 Å². The summed E-state index contributed by atoms with van der Waals surface area (Å²) < 4.78 is 5.79. The molecule has 1 N–H and O–H groups in total. The maximum absolute atomic E-state index is 5.79. The zero-order valence-electron chi connectivity index (χ0n) is 11.9. The van der Waals surface area contributed by atoms with Gasteiger partial charge in [0.25, 0.3) is 0 Å². The molecular formula is C16H16N4O. The maximum Gasteiger partial charge on any atom is 0.249 e. The van der Waals surface area contributed by atoms with Crippen LogP contribution in [0.15, 0.2) is 53.1 Å². The Bertz CT molecular complexity index is 707. The van der Waals surface area contributed by atoms with Gasteiger partial charge in [-0.3, -0.25) is 4.98 Å². The van der Waals surface area contributed by atoms with E-state index in [2.05, 4.69) is 20.5 Å². The lowest BCUT2D eigenvalue weighted by Crippen LogP contribution is -2.17. The van der Waals surface area contributed by atoms with Gasteiger partial charge in [-0.15, -0.1) is 10.2 Å². The summed E-state index contributed by atoms with van der Waals surface area (Å²) in [4.78, 5) is 4.24. The first-order valence-corrected chi connectivity index (χ1v) is 6.76. The van der Waals surface area contributed by atoms with E-state index in [4.69, 9.17) is 4.42 Å². The topological polar surface area (TPSA) is 63.8 Å². The predicted octanol–water partition coefficient (Wildman–Crippen LogP) is 2.75. The Morgan fingerprint density at radius 1 is 1.05 bits per heavy atom. The summed E-state index contributed by atoms with van der Waals surface area (Å²) in [5.74, 6) is 1.02. The molecule has 1 unspecified atom stereocenters. The highest BCUT2D eigenvalue weighted by Crippen LogP contribution is 2.24. The van der Waals surface area contributed by atoms with Gasteiger partial charge in [-0.2, -0.15) is 0 Å². The van der Waals surface area contributed by atoms with Crippen molar-refractivity contribution in [3.05, 3.63) is 65.8 Å². The number of hydrogen-bond acceptors (Lipinski definition) is 5. The maximum atomic E-state index is 5.79. The molecule has 0 aliphatic heterocycles. The Kier molecular flexibility index (Phi) is 3.75. The molecule has 0 aliphatic carbocycles. The van der Waals surface area contributed by atoms with Gasteiger partial charge in [-0.05, 0) is 31.7 Å². The summed E-state index contributed by atoms with van der Waals surface area (Å²) in [6.45, 7) is 1.94. The number of nitrogens with zero attached hydrogens (tertiary/aromatic N) is 3. The first kappa shape index (κ1) is 13.5. The second-order valence-electron chi connectivity index (χ2n) is 4.77. The molecule has 0 radical (unpaired) electrons. The van der Waals surface area contributed by atoms with Crippen LogP contribution in [-0.4, -0.2) is 22.2 Å². The van der Waals surface area contributed by atoms with Gasteiger partial charge in [-0.25, -0.2) is 0 Å². The number of rotatable bonds is 4. The Morgan fingerprint density at radius 3 is 2.52 bits per heavy atom. The van der Waals surface area contributed by atoms with Crippen LogP contribution in [0.4, 0.5) is 0 Å². The van der Waals surface area contributed by atoms with Gasteiger partial charge in [0.2, 0.25) is 11.8 Å². The number of nitrogens with one attached hydrogen (secondary N) is 1. The second-order valence-corrected chi connectivity index (χ2v) is 4.77. The Labute approximate surface area is 123 Å². The van der Waals surface area contributed by atoms with Crippen molar-refractivity contribution in [1.29, 1.82) is 0 Å². The summed E-state index contributed by atoms with van der Waals surface area (Å²) in [6, 6.07) is 13.7. The smallest absolute Gasteiger partial charge is 0.249 e. The molecule has 0 spiro atoms. The van der Waals surface area contributed by atoms with Gasteiger partial charge in [0, 0.05) is 11.9 Å². The van der Waals surface area contributed by atoms with E-state index in [1.54, 1.807) is 6.20 Å². The first-order chi connectivity index (χ1) is 10.3. The molecule has 0 saturated carbocycles. The molecule has 5 nitrogen and oxygen atoms in total. The highest BCUT2D eigenvalue weighted by atomic mass is 16.4. The molecule has 3 rings (SSSR count). The molecule has 2 heterocycles. The summed E-state index contributed by atoms with van der Waals surface area (Å²) in [6.07, 6.45) is 1.74. The third-order valence-electron chi connectivity index (χ3n) is 3.27. The van der Waals surface area contributed by atoms with Crippen molar-refractivity contribution in [2.24, 2.45) is 0 Å². The van der Waals surface area contributed by atoms with Gasteiger partial charge in [0.05, 0.1) is 5.56 Å². The zero-order chi connectivity index (χ0) is 14.7. The van der Waals surface area contributed by atoms with Crippen LogP contribution in [0.3, 0.4) is 0 Å². The lowest BCUT2D eigenvalue weighted by atomic mass is 10.1. The van der Waals surface area contributed by atoms with Gasteiger partial charge >= 0.3 is 0 Å². The first-order valence-electron chi connectivity index (χ1n) is 6.76. The third-order valence-corrected chi connectivity index (χ3v) is 3.27. The van der Waals surface area contributed by atoms with Crippen LogP contribution in [-0.2, 0) is 0 Å². The average molecular weight is 280 g/mol. The van der Waals surface area contributed by atoms with Crippen molar-refractivity contribution in [3.63, 3.8) is 0 Å². The van der Waals surface area contributed by atoms with E-state index in [1.165, 1.54) is 0 Å². The lowest BCUT2D eigenvalue weighted by Gasteiger charge is -2.11. The van der Waals surface area contributed by atoms with Crippen LogP contribution in [0.1, 0.15) is 23.2 Å². The van der Waals surface area contributed by atoms with E-state index < -0.39 is 0 Å². The van der Waals surface area contributed by atoms with Crippen LogP contribution in [0.2, 0.25) is 0 Å². The summed E-state index contributed by atoms with van der Waals surface area (Å²) in [5.41, 5.74) is 2.86. The third kappa shape index (κ3) is 2.83. The molecule has 2 aromatic heterocycles. The van der Waals surface area contributed by atoms with E-state index in [-0.39, 0.29) is 6.04 Å². The van der Waals surface area contributed by atoms with Crippen molar-refractivity contribution in [2.75, 3.05) is 7.05 Å². The summed E-state index contributed by atoms with van der Waals surface area (Å²) in [5, 5.41) is 11.5. The fourth-order valence-corrected chi connectivity index (χ4v) is 2.14. The molecule has 5 heteroatoms. The molecule has 0 fully saturated rings. The van der Waals surface area contributed by atoms with Gasteiger partial charge in [0.15, 0.2) is 0 Å². The molecule has 1 atom stereocenters. The number of hydrogen-bond donors (Lipinski definition) is 1. The molecule has 21 heavy (non-hydrogen) atoms. The number of benzene rings is 1. The minimum atomic E-state index is -0.120. The molecule has 0 saturated heterocycles. The standard InChI is InChI=1S/C16H16N4O/c1-11-8-9-13(10-18-11)15-19-20-16(21-15)14(17-2)12-6-4-3-5-7-12/h3-10,14,17H,1-2H3. The van der Waals surface area contributed by atoms with Crippen LogP contribution >= 0.6 is 0 Å². The molecule has 3 aromatic rings. The normalized spacial score (nSPS) is 12.3. The highest BCUT2D eigenvalue weighted by molar-refractivity contribution is 5.50. The predicted molar refractivity (Wildman–Crippen MR) is 79.6 cm³/mol. The summed E-state index contributed by atoms with van der Waals surface area (Å²) in [7, 11) is 1.87. The Balaban J connectivity index is 1.92. The zero-order valence-corrected chi connectivity index (χ0v) is 11.9. The van der Waals surface area contributed by atoms with Crippen LogP contribution in [0.5, 0.6) is 0 Å². The van der Waals surface area contributed by atoms with Crippen molar-refractivity contribution < 1.29 is 4.42 Å². The molecule has 0 amide bonds. The fourth-order valence-electron chi connectivity index (χ4n) is 2.14. The average Bonchev–Trinajstić information content (AvgIpc) is 2.99. The Hall–Kier alpha value is -2.53. The quantitative estimate of drug-likeness (QED) is 0.796. The second kappa shape index (κ2) is 5.85. The van der Waals surface area contributed by atoms with E-state index >= 15 is 0 Å². The number of pyridine rings is 1. The van der Waals surface area contributed by atoms with Gasteiger partial charge < -0.3 is 9.73 Å². The molecule has 0 aliphatic rings.